The lowest BCUT2D eigenvalue weighted by Gasteiger charge is -2.03. The second-order valence-electron chi connectivity index (χ2n) is 3.37. The number of aromatic nitrogens is 1. The minimum Gasteiger partial charge on any atom is -0.385 e. The van der Waals surface area contributed by atoms with Gasteiger partial charge in [0.1, 0.15) is 0 Å². The highest BCUT2D eigenvalue weighted by Crippen LogP contribution is 2.16. The summed E-state index contributed by atoms with van der Waals surface area (Å²) in [5.41, 5.74) is 1.16. The van der Waals surface area contributed by atoms with E-state index in [1.807, 2.05) is 16.7 Å². The number of para-hydroxylation sites is 1. The molecule has 0 bridgehead atoms. The van der Waals surface area contributed by atoms with Crippen LogP contribution in [0.5, 0.6) is 0 Å². The van der Waals surface area contributed by atoms with E-state index in [1.54, 1.807) is 7.11 Å². The van der Waals surface area contributed by atoms with Crippen molar-refractivity contribution >= 4 is 21.6 Å². The van der Waals surface area contributed by atoms with Crippen LogP contribution in [0.15, 0.2) is 24.3 Å². The first-order chi connectivity index (χ1) is 7.33. The van der Waals surface area contributed by atoms with Gasteiger partial charge in [0.2, 0.25) is 0 Å². The van der Waals surface area contributed by atoms with E-state index in [2.05, 4.69) is 12.1 Å². The summed E-state index contributed by atoms with van der Waals surface area (Å²) in [6.45, 7) is 1.60. The fourth-order valence-corrected chi connectivity index (χ4v) is 2.56. The van der Waals surface area contributed by atoms with Crippen LogP contribution >= 0.6 is 11.3 Å². The third-order valence-electron chi connectivity index (χ3n) is 2.34. The summed E-state index contributed by atoms with van der Waals surface area (Å²) >= 11 is 1.53. The Morgan fingerprint density at radius 1 is 1.40 bits per heavy atom. The molecule has 4 heteroatoms. The van der Waals surface area contributed by atoms with Crippen LogP contribution in [-0.2, 0) is 11.3 Å². The van der Waals surface area contributed by atoms with Crippen LogP contribution < -0.4 is 4.80 Å². The Labute approximate surface area is 92.4 Å². The van der Waals surface area contributed by atoms with Gasteiger partial charge >= 0.3 is 0 Å². The SMILES string of the molecule is COCCCn1c(=N)sc2ccccc21. The van der Waals surface area contributed by atoms with Crippen molar-refractivity contribution in [2.45, 2.75) is 13.0 Å². The second kappa shape index (κ2) is 4.59. The number of hydrogen-bond donors (Lipinski definition) is 1. The van der Waals surface area contributed by atoms with Crippen molar-refractivity contribution < 1.29 is 4.74 Å². The topological polar surface area (TPSA) is 38.0 Å². The third kappa shape index (κ3) is 2.11. The highest BCUT2D eigenvalue weighted by molar-refractivity contribution is 7.16. The molecule has 0 fully saturated rings. The van der Waals surface area contributed by atoms with Crippen molar-refractivity contribution in [3.8, 4) is 0 Å². The Bertz CT molecular complexity index is 501. The van der Waals surface area contributed by atoms with Gasteiger partial charge in [-0.2, -0.15) is 0 Å². The zero-order valence-electron chi connectivity index (χ0n) is 8.69. The average molecular weight is 222 g/mol. The molecule has 2 aromatic rings. The monoisotopic (exact) mass is 222 g/mol. The number of thiazole rings is 1. The van der Waals surface area contributed by atoms with Gasteiger partial charge in [-0.25, -0.2) is 0 Å². The van der Waals surface area contributed by atoms with E-state index in [9.17, 15) is 0 Å². The van der Waals surface area contributed by atoms with Gasteiger partial charge in [0.25, 0.3) is 0 Å². The van der Waals surface area contributed by atoms with E-state index in [0.717, 1.165) is 25.1 Å². The normalized spacial score (nSPS) is 11.0. The summed E-state index contributed by atoms with van der Waals surface area (Å²) < 4.78 is 8.24. The van der Waals surface area contributed by atoms with E-state index in [0.29, 0.717) is 4.80 Å². The van der Waals surface area contributed by atoms with Gasteiger partial charge < -0.3 is 9.30 Å². The fourth-order valence-electron chi connectivity index (χ4n) is 1.62. The zero-order chi connectivity index (χ0) is 10.7. The van der Waals surface area contributed by atoms with E-state index in [4.69, 9.17) is 10.1 Å². The molecule has 0 atom stereocenters. The molecule has 1 aromatic carbocycles. The van der Waals surface area contributed by atoms with Gasteiger partial charge in [0.15, 0.2) is 4.80 Å². The molecule has 1 N–H and O–H groups in total. The Morgan fingerprint density at radius 2 is 2.20 bits per heavy atom. The van der Waals surface area contributed by atoms with Gasteiger partial charge in [0, 0.05) is 20.3 Å². The largest absolute Gasteiger partial charge is 0.385 e. The van der Waals surface area contributed by atoms with Gasteiger partial charge in [-0.1, -0.05) is 23.5 Å². The minimum atomic E-state index is 0.618. The van der Waals surface area contributed by atoms with E-state index < -0.39 is 0 Å². The molecular weight excluding hydrogens is 208 g/mol. The minimum absolute atomic E-state index is 0.618. The average Bonchev–Trinajstić information content (AvgIpc) is 2.56. The lowest BCUT2D eigenvalue weighted by Crippen LogP contribution is -2.14. The standard InChI is InChI=1S/C11H14N2OS/c1-14-8-4-7-13-9-5-2-3-6-10(9)15-11(13)12/h2-3,5-6,12H,4,7-8H2,1H3. The molecule has 80 valence electrons. The zero-order valence-corrected chi connectivity index (χ0v) is 9.51. The molecule has 0 amide bonds. The number of ether oxygens (including phenoxy) is 1. The molecule has 2 rings (SSSR count). The molecule has 0 aliphatic heterocycles. The number of rotatable bonds is 4. The predicted molar refractivity (Wildman–Crippen MR) is 62.2 cm³/mol. The third-order valence-corrected chi connectivity index (χ3v) is 3.32. The van der Waals surface area contributed by atoms with Gasteiger partial charge in [-0.15, -0.1) is 0 Å². The van der Waals surface area contributed by atoms with E-state index in [-0.39, 0.29) is 0 Å². The van der Waals surface area contributed by atoms with Crippen LogP contribution in [0.2, 0.25) is 0 Å². The Balaban J connectivity index is 2.33. The molecule has 1 heterocycles. The van der Waals surface area contributed by atoms with Crippen molar-refractivity contribution in [1.29, 1.82) is 5.41 Å². The van der Waals surface area contributed by atoms with Crippen molar-refractivity contribution in [1.82, 2.24) is 4.57 Å². The van der Waals surface area contributed by atoms with Crippen LogP contribution in [0, 0.1) is 5.41 Å². The number of aryl methyl sites for hydroxylation is 1. The lowest BCUT2D eigenvalue weighted by atomic mass is 10.3. The molecule has 15 heavy (non-hydrogen) atoms. The first kappa shape index (κ1) is 10.4. The first-order valence-electron chi connectivity index (χ1n) is 4.95. The van der Waals surface area contributed by atoms with Crippen LogP contribution in [0.4, 0.5) is 0 Å². The summed E-state index contributed by atoms with van der Waals surface area (Å²) in [5.74, 6) is 0. The Hall–Kier alpha value is -1.13. The number of nitrogens with zero attached hydrogens (tertiary/aromatic N) is 1. The molecule has 0 aliphatic carbocycles. The summed E-state index contributed by atoms with van der Waals surface area (Å²) in [5, 5.41) is 7.88. The Kier molecular flexibility index (Phi) is 3.18. The van der Waals surface area contributed by atoms with Crippen molar-refractivity contribution in [3.63, 3.8) is 0 Å². The lowest BCUT2D eigenvalue weighted by molar-refractivity contribution is 0.190. The highest BCUT2D eigenvalue weighted by atomic mass is 32.1. The molecule has 0 unspecified atom stereocenters. The fraction of sp³-hybridized carbons (Fsp3) is 0.364. The van der Waals surface area contributed by atoms with E-state index >= 15 is 0 Å². The van der Waals surface area contributed by atoms with Crippen molar-refractivity contribution in [2.24, 2.45) is 0 Å². The summed E-state index contributed by atoms with van der Waals surface area (Å²) in [6.07, 6.45) is 0.952. The summed E-state index contributed by atoms with van der Waals surface area (Å²) in [4.78, 5) is 0.618. The predicted octanol–water partition coefficient (Wildman–Crippen LogP) is 2.22. The number of methoxy groups -OCH3 is 1. The molecule has 0 radical (unpaired) electrons. The van der Waals surface area contributed by atoms with Crippen LogP contribution in [-0.4, -0.2) is 18.3 Å². The van der Waals surface area contributed by atoms with Gasteiger partial charge in [0.05, 0.1) is 10.2 Å². The van der Waals surface area contributed by atoms with Crippen LogP contribution in [0.1, 0.15) is 6.42 Å². The van der Waals surface area contributed by atoms with E-state index in [1.165, 1.54) is 16.0 Å². The number of nitrogens with one attached hydrogen (secondary N) is 1. The van der Waals surface area contributed by atoms with Crippen molar-refractivity contribution in [3.05, 3.63) is 29.1 Å². The summed E-state index contributed by atoms with van der Waals surface area (Å²) in [6, 6.07) is 8.15. The molecule has 3 nitrogen and oxygen atoms in total. The Morgan fingerprint density at radius 3 is 3.00 bits per heavy atom. The number of fused-ring (bicyclic) bond motifs is 1. The number of hydrogen-bond acceptors (Lipinski definition) is 3. The molecular formula is C11H14N2OS. The summed E-state index contributed by atoms with van der Waals surface area (Å²) in [7, 11) is 1.71. The maximum Gasteiger partial charge on any atom is 0.182 e. The van der Waals surface area contributed by atoms with Crippen molar-refractivity contribution in [2.75, 3.05) is 13.7 Å². The number of benzene rings is 1. The first-order valence-corrected chi connectivity index (χ1v) is 5.76. The molecule has 1 aromatic heterocycles. The van der Waals surface area contributed by atoms with Gasteiger partial charge in [-0.3, -0.25) is 5.41 Å². The molecule has 0 saturated carbocycles. The quantitative estimate of drug-likeness (QED) is 0.791. The highest BCUT2D eigenvalue weighted by Gasteiger charge is 2.03. The second-order valence-corrected chi connectivity index (χ2v) is 4.40. The van der Waals surface area contributed by atoms with Gasteiger partial charge in [-0.05, 0) is 18.6 Å². The smallest absolute Gasteiger partial charge is 0.182 e. The van der Waals surface area contributed by atoms with Crippen LogP contribution in [0.3, 0.4) is 0 Å². The molecule has 0 saturated heterocycles. The maximum absolute atomic E-state index is 7.88. The molecule has 0 aliphatic rings. The maximum atomic E-state index is 7.88. The molecule has 0 spiro atoms. The van der Waals surface area contributed by atoms with Crippen LogP contribution in [0.25, 0.3) is 10.2 Å².